The summed E-state index contributed by atoms with van der Waals surface area (Å²) in [5.41, 5.74) is 0. The molecular weight excluding hydrogens is 124 g/mol. The molecule has 0 bridgehead atoms. The van der Waals surface area contributed by atoms with Crippen molar-refractivity contribution in [3.63, 3.8) is 0 Å². The molecule has 0 spiro atoms. The average Bonchev–Trinajstić information content (AvgIpc) is 1.68. The Morgan fingerprint density at radius 2 is 2.29 bits per heavy atom. The second-order valence-electron chi connectivity index (χ2n) is 1.08. The van der Waals surface area contributed by atoms with E-state index in [1.165, 1.54) is 5.37 Å². The van der Waals surface area contributed by atoms with Crippen LogP contribution in [0.3, 0.4) is 0 Å². The molecule has 0 aliphatic heterocycles. The van der Waals surface area contributed by atoms with Crippen LogP contribution in [0.2, 0.25) is 0 Å². The second-order valence-corrected chi connectivity index (χ2v) is 1.84. The fraction of sp³-hybridized carbons (Fsp3) is 0.200. The van der Waals surface area contributed by atoms with E-state index in [1.807, 2.05) is 0 Å². The molecule has 0 aliphatic carbocycles. The van der Waals surface area contributed by atoms with Gasteiger partial charge in [-0.3, -0.25) is 0 Å². The SMILES string of the molecule is C=CCC(=S)C=S. The summed E-state index contributed by atoms with van der Waals surface area (Å²) < 4.78 is 0. The normalized spacial score (nSPS) is 7.43. The van der Waals surface area contributed by atoms with Crippen LogP contribution in [0.5, 0.6) is 0 Å². The van der Waals surface area contributed by atoms with Gasteiger partial charge in [0.25, 0.3) is 0 Å². The van der Waals surface area contributed by atoms with Crippen LogP contribution >= 0.6 is 24.4 Å². The molecule has 0 saturated carbocycles. The summed E-state index contributed by atoms with van der Waals surface area (Å²) in [5.74, 6) is 0. The highest BCUT2D eigenvalue weighted by Gasteiger charge is 1.80. The van der Waals surface area contributed by atoms with E-state index in [1.54, 1.807) is 6.08 Å². The fourth-order valence-electron chi connectivity index (χ4n) is 0.190. The van der Waals surface area contributed by atoms with Crippen molar-refractivity contribution in [3.05, 3.63) is 12.7 Å². The molecule has 0 saturated heterocycles. The number of allylic oxidation sites excluding steroid dienone is 1. The van der Waals surface area contributed by atoms with Crippen molar-refractivity contribution in [3.8, 4) is 0 Å². The third-order valence-corrected chi connectivity index (χ3v) is 1.20. The first kappa shape index (κ1) is 6.92. The zero-order valence-electron chi connectivity index (χ0n) is 3.89. The first-order valence-electron chi connectivity index (χ1n) is 1.90. The Bertz CT molecular complexity index is 94.3. The summed E-state index contributed by atoms with van der Waals surface area (Å²) in [7, 11) is 0. The predicted octanol–water partition coefficient (Wildman–Crippen LogP) is 1.93. The summed E-state index contributed by atoms with van der Waals surface area (Å²) in [6.45, 7) is 3.49. The highest BCUT2D eigenvalue weighted by atomic mass is 32.1. The Morgan fingerprint density at radius 1 is 1.71 bits per heavy atom. The Hall–Kier alpha value is -0.0800. The van der Waals surface area contributed by atoms with E-state index in [0.717, 1.165) is 11.3 Å². The summed E-state index contributed by atoms with van der Waals surface area (Å²) in [5, 5.41) is 1.50. The molecule has 0 unspecified atom stereocenters. The topological polar surface area (TPSA) is 0 Å². The molecule has 0 fully saturated rings. The van der Waals surface area contributed by atoms with Gasteiger partial charge in [-0.15, -0.1) is 6.58 Å². The third-order valence-electron chi connectivity index (χ3n) is 0.477. The lowest BCUT2D eigenvalue weighted by Gasteiger charge is -1.81. The van der Waals surface area contributed by atoms with Crippen molar-refractivity contribution < 1.29 is 0 Å². The van der Waals surface area contributed by atoms with E-state index in [-0.39, 0.29) is 0 Å². The van der Waals surface area contributed by atoms with Crippen molar-refractivity contribution in [1.29, 1.82) is 0 Å². The second kappa shape index (κ2) is 4.09. The minimum absolute atomic E-state index is 0.735. The standard InChI is InChI=1S/C5H6S2/c1-2-3-5(7)4-6/h2,4H,1,3H2. The quantitative estimate of drug-likeness (QED) is 0.423. The minimum atomic E-state index is 0.735. The molecule has 0 nitrogen and oxygen atoms in total. The summed E-state index contributed by atoms with van der Waals surface area (Å²) in [6, 6.07) is 0. The van der Waals surface area contributed by atoms with Gasteiger partial charge in [0.1, 0.15) is 0 Å². The number of hydrogen-bond donors (Lipinski definition) is 0. The maximum Gasteiger partial charge on any atom is 0.0296 e. The average molecular weight is 130 g/mol. The molecule has 38 valence electrons. The van der Waals surface area contributed by atoms with Crippen LogP contribution in [0, 0.1) is 0 Å². The molecular formula is C5H6S2. The Balaban J connectivity index is 3.36. The molecule has 0 N–H and O–H groups in total. The van der Waals surface area contributed by atoms with Crippen LogP contribution in [0.1, 0.15) is 6.42 Å². The van der Waals surface area contributed by atoms with Crippen LogP contribution in [0.15, 0.2) is 12.7 Å². The molecule has 0 aromatic carbocycles. The molecule has 7 heavy (non-hydrogen) atoms. The summed E-state index contributed by atoms with van der Waals surface area (Å²) in [4.78, 5) is 0.782. The monoisotopic (exact) mass is 130 g/mol. The van der Waals surface area contributed by atoms with Crippen molar-refractivity contribution in [2.75, 3.05) is 0 Å². The smallest absolute Gasteiger partial charge is 0.0296 e. The lowest BCUT2D eigenvalue weighted by molar-refractivity contribution is 1.58. The molecule has 2 heteroatoms. The molecule has 0 atom stereocenters. The molecule has 0 rings (SSSR count). The fourth-order valence-corrected chi connectivity index (χ4v) is 0.404. The van der Waals surface area contributed by atoms with Gasteiger partial charge in [0.05, 0.1) is 0 Å². The van der Waals surface area contributed by atoms with Crippen LogP contribution in [0.4, 0.5) is 0 Å². The van der Waals surface area contributed by atoms with E-state index in [9.17, 15) is 0 Å². The predicted molar refractivity (Wildman–Crippen MR) is 41.1 cm³/mol. The Morgan fingerprint density at radius 3 is 2.43 bits per heavy atom. The van der Waals surface area contributed by atoms with Crippen molar-refractivity contribution in [2.45, 2.75) is 6.42 Å². The molecule has 0 radical (unpaired) electrons. The number of thiocarbonyl (C=S) groups is 2. The van der Waals surface area contributed by atoms with Crippen LogP contribution in [-0.4, -0.2) is 10.2 Å². The van der Waals surface area contributed by atoms with Crippen LogP contribution in [0.25, 0.3) is 0 Å². The maximum atomic E-state index is 4.72. The Kier molecular flexibility index (Phi) is 4.04. The van der Waals surface area contributed by atoms with Gasteiger partial charge in [0.15, 0.2) is 0 Å². The summed E-state index contributed by atoms with van der Waals surface area (Å²) in [6.07, 6.45) is 2.48. The third kappa shape index (κ3) is 3.76. The molecule has 0 aromatic rings. The van der Waals surface area contributed by atoms with Gasteiger partial charge in [0, 0.05) is 16.7 Å². The van der Waals surface area contributed by atoms with Gasteiger partial charge >= 0.3 is 0 Å². The molecule has 0 heterocycles. The van der Waals surface area contributed by atoms with Crippen LogP contribution < -0.4 is 0 Å². The summed E-state index contributed by atoms with van der Waals surface area (Å²) >= 11 is 9.25. The van der Waals surface area contributed by atoms with Gasteiger partial charge in [-0.2, -0.15) is 0 Å². The van der Waals surface area contributed by atoms with E-state index in [2.05, 4.69) is 18.8 Å². The number of rotatable bonds is 3. The minimum Gasteiger partial charge on any atom is -0.103 e. The van der Waals surface area contributed by atoms with Crippen molar-refractivity contribution >= 4 is 34.7 Å². The largest absolute Gasteiger partial charge is 0.103 e. The van der Waals surface area contributed by atoms with Gasteiger partial charge in [-0.05, 0) is 0 Å². The first-order chi connectivity index (χ1) is 3.31. The molecule has 0 aromatic heterocycles. The zero-order valence-corrected chi connectivity index (χ0v) is 5.52. The molecule has 0 amide bonds. The van der Waals surface area contributed by atoms with E-state index in [4.69, 9.17) is 12.2 Å². The molecule has 0 aliphatic rings. The lowest BCUT2D eigenvalue weighted by Crippen LogP contribution is -1.88. The number of hydrogen-bond acceptors (Lipinski definition) is 2. The van der Waals surface area contributed by atoms with Gasteiger partial charge in [0.2, 0.25) is 0 Å². The highest BCUT2D eigenvalue weighted by molar-refractivity contribution is 7.88. The van der Waals surface area contributed by atoms with Crippen molar-refractivity contribution in [2.24, 2.45) is 0 Å². The lowest BCUT2D eigenvalue weighted by atomic mass is 10.3. The Labute approximate surface area is 54.2 Å². The highest BCUT2D eigenvalue weighted by Crippen LogP contribution is 1.82. The first-order valence-corrected chi connectivity index (χ1v) is 2.78. The van der Waals surface area contributed by atoms with Crippen LogP contribution in [-0.2, 0) is 0 Å². The van der Waals surface area contributed by atoms with Crippen molar-refractivity contribution in [1.82, 2.24) is 0 Å². The van der Waals surface area contributed by atoms with Gasteiger partial charge in [-0.25, -0.2) is 0 Å². The van der Waals surface area contributed by atoms with E-state index < -0.39 is 0 Å². The maximum absolute atomic E-state index is 4.72. The van der Waals surface area contributed by atoms with E-state index >= 15 is 0 Å². The van der Waals surface area contributed by atoms with E-state index in [0.29, 0.717) is 0 Å². The van der Waals surface area contributed by atoms with Gasteiger partial charge < -0.3 is 0 Å². The van der Waals surface area contributed by atoms with Gasteiger partial charge in [-0.1, -0.05) is 30.5 Å². The zero-order chi connectivity index (χ0) is 5.70.